The van der Waals surface area contributed by atoms with Gasteiger partial charge < -0.3 is 15.4 Å². The fourth-order valence-electron chi connectivity index (χ4n) is 2.92. The van der Waals surface area contributed by atoms with Crippen LogP contribution < -0.4 is 10.6 Å². The first-order chi connectivity index (χ1) is 15.4. The summed E-state index contributed by atoms with van der Waals surface area (Å²) in [4.78, 5) is 33.3. The van der Waals surface area contributed by atoms with Gasteiger partial charge in [-0.25, -0.2) is 9.48 Å². The Kier molecular flexibility index (Phi) is 6.81. The number of hydrogen-bond donors (Lipinski definition) is 2. The van der Waals surface area contributed by atoms with Gasteiger partial charge in [0, 0.05) is 24.5 Å². The molecule has 3 heterocycles. The Labute approximate surface area is 193 Å². The fraction of sp³-hybridized carbons (Fsp3) is 0.375. The largest absolute Gasteiger partial charge is 0.444 e. The third-order valence-corrected chi connectivity index (χ3v) is 4.24. The number of pyridine rings is 2. The number of carbonyl (C=O) groups is 2. The topological polar surface area (TPSA) is 111 Å². The molecule has 0 aliphatic carbocycles. The fourth-order valence-corrected chi connectivity index (χ4v) is 2.92. The van der Waals surface area contributed by atoms with Crippen LogP contribution in [0.1, 0.15) is 57.6 Å². The van der Waals surface area contributed by atoms with Crippen molar-refractivity contribution in [3.05, 3.63) is 60.2 Å². The minimum Gasteiger partial charge on any atom is -0.444 e. The molecule has 0 aliphatic rings. The van der Waals surface area contributed by atoms with Crippen LogP contribution in [0.25, 0.3) is 17.1 Å². The molecule has 2 N–H and O–H groups in total. The molecule has 0 unspecified atom stereocenters. The molecule has 0 fully saturated rings. The van der Waals surface area contributed by atoms with Gasteiger partial charge in [0.05, 0.1) is 23.3 Å². The third-order valence-electron chi connectivity index (χ3n) is 4.24. The molecule has 0 bridgehead atoms. The Morgan fingerprint density at radius 2 is 1.82 bits per heavy atom. The molecule has 9 heteroatoms. The third kappa shape index (κ3) is 6.86. The number of carbonyl (C=O) groups excluding carboxylic acids is 2. The average molecular weight is 451 g/mol. The van der Waals surface area contributed by atoms with Gasteiger partial charge in [-0.3, -0.25) is 14.8 Å². The number of ether oxygens (including phenoxy) is 1. The van der Waals surface area contributed by atoms with Gasteiger partial charge in [-0.2, -0.15) is 5.10 Å². The summed E-state index contributed by atoms with van der Waals surface area (Å²) < 4.78 is 6.90. The first kappa shape index (κ1) is 23.9. The highest BCUT2D eigenvalue weighted by molar-refractivity contribution is 5.94. The minimum atomic E-state index is -0.562. The molecular formula is C24H30N6O3. The van der Waals surface area contributed by atoms with Crippen molar-refractivity contribution >= 4 is 12.0 Å². The van der Waals surface area contributed by atoms with Gasteiger partial charge in [0.15, 0.2) is 5.69 Å². The van der Waals surface area contributed by atoms with Gasteiger partial charge in [-0.15, -0.1) is 0 Å². The number of nitrogens with one attached hydrogen (secondary N) is 2. The van der Waals surface area contributed by atoms with E-state index in [4.69, 9.17) is 4.74 Å². The van der Waals surface area contributed by atoms with E-state index in [1.165, 1.54) is 0 Å². The van der Waals surface area contributed by atoms with E-state index in [9.17, 15) is 9.59 Å². The van der Waals surface area contributed by atoms with Crippen molar-refractivity contribution in [3.63, 3.8) is 0 Å². The van der Waals surface area contributed by atoms with E-state index in [1.54, 1.807) is 35.4 Å². The van der Waals surface area contributed by atoms with Crippen molar-refractivity contribution in [2.24, 2.45) is 0 Å². The van der Waals surface area contributed by atoms with Crippen LogP contribution in [-0.2, 0) is 11.3 Å². The highest BCUT2D eigenvalue weighted by atomic mass is 16.6. The van der Waals surface area contributed by atoms with Gasteiger partial charge in [-0.05, 0) is 71.4 Å². The Hall–Kier alpha value is -3.75. The lowest BCUT2D eigenvalue weighted by Gasteiger charge is -2.19. The van der Waals surface area contributed by atoms with Crippen LogP contribution in [0.4, 0.5) is 4.79 Å². The zero-order chi connectivity index (χ0) is 24.2. The molecule has 0 spiro atoms. The maximum absolute atomic E-state index is 12.7. The van der Waals surface area contributed by atoms with Crippen LogP contribution >= 0.6 is 0 Å². The lowest BCUT2D eigenvalue weighted by Crippen LogP contribution is -2.40. The number of amides is 2. The van der Waals surface area contributed by atoms with Crippen molar-refractivity contribution < 1.29 is 14.3 Å². The number of alkyl carbamates (subject to hydrolysis) is 1. The van der Waals surface area contributed by atoms with Crippen LogP contribution in [-0.4, -0.2) is 42.9 Å². The van der Waals surface area contributed by atoms with Crippen molar-refractivity contribution in [1.82, 2.24) is 30.4 Å². The van der Waals surface area contributed by atoms with E-state index in [0.717, 1.165) is 5.56 Å². The summed E-state index contributed by atoms with van der Waals surface area (Å²) in [5, 5.41) is 10.1. The minimum absolute atomic E-state index is 0.274. The Balaban J connectivity index is 1.85. The van der Waals surface area contributed by atoms with E-state index in [-0.39, 0.29) is 18.1 Å². The van der Waals surface area contributed by atoms with Crippen LogP contribution in [0.5, 0.6) is 0 Å². The lowest BCUT2D eigenvalue weighted by molar-refractivity contribution is 0.0523. The van der Waals surface area contributed by atoms with Crippen molar-refractivity contribution in [1.29, 1.82) is 0 Å². The maximum Gasteiger partial charge on any atom is 0.407 e. The quantitative estimate of drug-likeness (QED) is 0.610. The summed E-state index contributed by atoms with van der Waals surface area (Å²) in [6.45, 7) is 11.4. The van der Waals surface area contributed by atoms with E-state index < -0.39 is 17.2 Å². The van der Waals surface area contributed by atoms with Gasteiger partial charge >= 0.3 is 6.09 Å². The Bertz CT molecular complexity index is 1110. The molecule has 3 rings (SSSR count). The summed E-state index contributed by atoms with van der Waals surface area (Å²) in [5.74, 6) is -0.274. The molecule has 174 valence electrons. The van der Waals surface area contributed by atoms with Crippen LogP contribution in [0.15, 0.2) is 48.9 Å². The summed E-state index contributed by atoms with van der Waals surface area (Å²) in [7, 11) is 0. The van der Waals surface area contributed by atoms with Crippen LogP contribution in [0, 0.1) is 0 Å². The summed E-state index contributed by atoms with van der Waals surface area (Å²) >= 11 is 0. The number of aromatic nitrogens is 4. The smallest absolute Gasteiger partial charge is 0.407 e. The van der Waals surface area contributed by atoms with Crippen molar-refractivity contribution in [3.8, 4) is 17.1 Å². The predicted molar refractivity (Wildman–Crippen MR) is 125 cm³/mol. The lowest BCUT2D eigenvalue weighted by atomic mass is 10.1. The first-order valence-corrected chi connectivity index (χ1v) is 10.7. The van der Waals surface area contributed by atoms with E-state index in [0.29, 0.717) is 17.1 Å². The molecule has 0 aliphatic heterocycles. The predicted octanol–water partition coefficient (Wildman–Crippen LogP) is 3.88. The number of rotatable bonds is 5. The highest BCUT2D eigenvalue weighted by Gasteiger charge is 2.21. The highest BCUT2D eigenvalue weighted by Crippen LogP contribution is 2.23. The molecule has 33 heavy (non-hydrogen) atoms. The molecule has 9 nitrogen and oxygen atoms in total. The second-order valence-electron chi connectivity index (χ2n) is 9.65. The van der Waals surface area contributed by atoms with Gasteiger partial charge in [0.1, 0.15) is 5.60 Å². The molecule has 2 amide bonds. The average Bonchev–Trinajstić information content (AvgIpc) is 3.17. The van der Waals surface area contributed by atoms with Gasteiger partial charge in [-0.1, -0.05) is 6.07 Å². The molecule has 3 aromatic heterocycles. The van der Waals surface area contributed by atoms with Gasteiger partial charge in [0.25, 0.3) is 5.91 Å². The summed E-state index contributed by atoms with van der Waals surface area (Å²) in [6.07, 6.45) is 4.52. The molecule has 3 aromatic rings. The summed E-state index contributed by atoms with van der Waals surface area (Å²) in [6, 6.07) is 9.04. The van der Waals surface area contributed by atoms with Crippen LogP contribution in [0.2, 0.25) is 0 Å². The maximum atomic E-state index is 12.7. The molecular weight excluding hydrogens is 420 g/mol. The SMILES string of the molecule is CC(C)(C)NC(=O)c1cc(-c2ccc(CNC(=O)OC(C)(C)C)cn2)n(-c2cccnc2)n1. The zero-order valence-electron chi connectivity index (χ0n) is 19.8. The zero-order valence-corrected chi connectivity index (χ0v) is 19.8. The molecule has 0 saturated carbocycles. The second kappa shape index (κ2) is 9.40. The van der Waals surface area contributed by atoms with E-state index in [1.807, 2.05) is 59.7 Å². The Morgan fingerprint density at radius 3 is 2.39 bits per heavy atom. The van der Waals surface area contributed by atoms with Crippen molar-refractivity contribution in [2.45, 2.75) is 59.2 Å². The normalized spacial score (nSPS) is 11.7. The molecule has 0 atom stereocenters. The monoisotopic (exact) mass is 450 g/mol. The number of hydrogen-bond acceptors (Lipinski definition) is 6. The van der Waals surface area contributed by atoms with Crippen LogP contribution in [0.3, 0.4) is 0 Å². The van der Waals surface area contributed by atoms with E-state index >= 15 is 0 Å². The second-order valence-corrected chi connectivity index (χ2v) is 9.65. The standard InChI is InChI=1S/C24H30N6O3/c1-23(2,3)28-21(31)19-12-20(30(29-19)17-8-7-11-25-15-17)18-10-9-16(13-26-18)14-27-22(32)33-24(4,5)6/h7-13,15H,14H2,1-6H3,(H,27,32)(H,28,31). The molecule has 0 radical (unpaired) electrons. The molecule has 0 saturated heterocycles. The summed E-state index contributed by atoms with van der Waals surface area (Å²) in [5.41, 5.74) is 2.12. The van der Waals surface area contributed by atoms with Gasteiger partial charge in [0.2, 0.25) is 0 Å². The van der Waals surface area contributed by atoms with E-state index in [2.05, 4.69) is 25.7 Å². The Morgan fingerprint density at radius 1 is 1.06 bits per heavy atom. The number of nitrogens with zero attached hydrogens (tertiary/aromatic N) is 4. The molecule has 0 aromatic carbocycles. The van der Waals surface area contributed by atoms with Crippen molar-refractivity contribution in [2.75, 3.05) is 0 Å². The first-order valence-electron chi connectivity index (χ1n) is 10.7.